The van der Waals surface area contributed by atoms with Gasteiger partial charge in [-0.05, 0) is 80.1 Å². The zero-order valence-corrected chi connectivity index (χ0v) is 20.3. The van der Waals surface area contributed by atoms with Gasteiger partial charge in [-0.2, -0.15) is 5.26 Å². The number of carbonyl (C=O) groups excluding carboxylic acids is 1. The number of alkyl carbamates (subject to hydrolysis) is 1. The number of thiophene rings is 2. The fourth-order valence-corrected chi connectivity index (χ4v) is 4.88. The summed E-state index contributed by atoms with van der Waals surface area (Å²) in [5.74, 6) is 0. The van der Waals surface area contributed by atoms with Crippen molar-refractivity contribution >= 4 is 72.1 Å². The number of hydrogen-bond donors (Lipinski definition) is 1. The lowest BCUT2D eigenvalue weighted by Crippen LogP contribution is -2.31. The number of carbonyl (C=O) groups is 1. The molecular weight excluding hydrogens is 471 g/mol. The van der Waals surface area contributed by atoms with Crippen LogP contribution >= 0.6 is 45.9 Å². The van der Waals surface area contributed by atoms with Crippen LogP contribution in [0.3, 0.4) is 0 Å². The zero-order valence-electron chi connectivity index (χ0n) is 17.2. The van der Waals surface area contributed by atoms with E-state index in [9.17, 15) is 4.79 Å². The summed E-state index contributed by atoms with van der Waals surface area (Å²) in [4.78, 5) is 13.4. The number of benzene rings is 2. The first-order valence-electron chi connectivity index (χ1n) is 9.37. The fourth-order valence-electron chi connectivity index (χ4n) is 2.70. The molecule has 0 fully saturated rings. The van der Waals surface area contributed by atoms with E-state index in [-0.39, 0.29) is 0 Å². The smallest absolute Gasteiger partial charge is 0.407 e. The van der Waals surface area contributed by atoms with Gasteiger partial charge in [-0.25, -0.2) is 4.79 Å². The third-order valence-electron chi connectivity index (χ3n) is 3.92. The molecular formula is C23H20Cl2N2O2S2. The minimum Gasteiger partial charge on any atom is -0.444 e. The molecule has 0 spiro atoms. The molecule has 4 rings (SSSR count). The summed E-state index contributed by atoms with van der Waals surface area (Å²) < 4.78 is 7.45. The maximum absolute atomic E-state index is 11.6. The SMILES string of the molecule is CC(C)(C)OC(=O)NCc1cc2cc(Cl)ccc2s1.N#Cc1cc2cc(Cl)ccc2s1. The number of hydrogen-bond acceptors (Lipinski definition) is 5. The van der Waals surface area contributed by atoms with Crippen molar-refractivity contribution in [1.29, 1.82) is 5.26 Å². The van der Waals surface area contributed by atoms with E-state index in [1.807, 2.05) is 69.3 Å². The van der Waals surface area contributed by atoms with Crippen LogP contribution in [0, 0.1) is 11.3 Å². The molecule has 0 aliphatic rings. The Morgan fingerprint density at radius 2 is 1.58 bits per heavy atom. The van der Waals surface area contributed by atoms with Crippen molar-refractivity contribution in [3.05, 3.63) is 68.3 Å². The van der Waals surface area contributed by atoms with Crippen molar-refractivity contribution < 1.29 is 9.53 Å². The number of nitriles is 1. The predicted octanol–water partition coefficient (Wildman–Crippen LogP) is 8.01. The average Bonchev–Trinajstić information content (AvgIpc) is 3.28. The number of amides is 1. The maximum atomic E-state index is 11.6. The van der Waals surface area contributed by atoms with Gasteiger partial charge in [0.05, 0.1) is 6.54 Å². The Labute approximate surface area is 199 Å². The number of ether oxygens (including phenoxy) is 1. The summed E-state index contributed by atoms with van der Waals surface area (Å²) in [6.45, 7) is 5.99. The molecule has 4 aromatic rings. The number of nitrogens with zero attached hydrogens (tertiary/aromatic N) is 1. The van der Waals surface area contributed by atoms with Gasteiger partial charge in [-0.15, -0.1) is 22.7 Å². The molecule has 1 amide bonds. The van der Waals surface area contributed by atoms with E-state index in [2.05, 4.69) is 11.4 Å². The lowest BCUT2D eigenvalue weighted by Gasteiger charge is -2.19. The number of fused-ring (bicyclic) bond motifs is 2. The monoisotopic (exact) mass is 490 g/mol. The summed E-state index contributed by atoms with van der Waals surface area (Å²) >= 11 is 14.9. The maximum Gasteiger partial charge on any atom is 0.407 e. The Hall–Kier alpha value is -2.30. The molecule has 0 saturated heterocycles. The van der Waals surface area contributed by atoms with Crippen molar-refractivity contribution in [2.75, 3.05) is 0 Å². The molecule has 0 saturated carbocycles. The second-order valence-electron chi connectivity index (χ2n) is 7.65. The van der Waals surface area contributed by atoms with E-state index < -0.39 is 11.7 Å². The molecule has 0 bridgehead atoms. The Bertz CT molecular complexity index is 1270. The van der Waals surface area contributed by atoms with Crippen molar-refractivity contribution in [2.45, 2.75) is 32.9 Å². The average molecular weight is 491 g/mol. The van der Waals surface area contributed by atoms with Crippen LogP contribution in [-0.2, 0) is 11.3 Å². The number of halogens is 2. The summed E-state index contributed by atoms with van der Waals surface area (Å²) in [5, 5.41) is 15.0. The highest BCUT2D eigenvalue weighted by molar-refractivity contribution is 7.19. The van der Waals surface area contributed by atoms with E-state index >= 15 is 0 Å². The highest BCUT2D eigenvalue weighted by Gasteiger charge is 2.16. The van der Waals surface area contributed by atoms with Crippen molar-refractivity contribution in [3.8, 4) is 6.07 Å². The Morgan fingerprint density at radius 1 is 1.00 bits per heavy atom. The van der Waals surface area contributed by atoms with Crippen LogP contribution in [0.1, 0.15) is 30.5 Å². The third-order valence-corrected chi connectivity index (χ3v) is 6.53. The van der Waals surface area contributed by atoms with E-state index in [4.69, 9.17) is 33.2 Å². The summed E-state index contributed by atoms with van der Waals surface area (Å²) in [5.41, 5.74) is -0.474. The molecule has 0 aliphatic heterocycles. The molecule has 1 N–H and O–H groups in total. The van der Waals surface area contributed by atoms with E-state index in [0.29, 0.717) is 11.6 Å². The zero-order chi connectivity index (χ0) is 22.6. The largest absolute Gasteiger partial charge is 0.444 e. The highest BCUT2D eigenvalue weighted by Crippen LogP contribution is 2.28. The molecule has 31 heavy (non-hydrogen) atoms. The molecule has 0 unspecified atom stereocenters. The molecule has 4 nitrogen and oxygen atoms in total. The van der Waals surface area contributed by atoms with Crippen LogP contribution in [-0.4, -0.2) is 11.7 Å². The van der Waals surface area contributed by atoms with Gasteiger partial charge < -0.3 is 10.1 Å². The standard InChI is InChI=1S/C14H16ClNO2S.C9H4ClNS/c1-14(2,3)18-13(17)16-8-11-7-9-6-10(15)4-5-12(9)19-11;10-7-1-2-9-6(3-7)4-8(5-11)12-9/h4-7H,8H2,1-3H3,(H,16,17);1-4H. The van der Waals surface area contributed by atoms with Crippen LogP contribution in [0.4, 0.5) is 4.79 Å². The summed E-state index contributed by atoms with van der Waals surface area (Å²) in [6.07, 6.45) is -0.400. The quantitative estimate of drug-likeness (QED) is 0.309. The van der Waals surface area contributed by atoms with E-state index in [1.165, 1.54) is 11.3 Å². The van der Waals surface area contributed by atoms with Gasteiger partial charge in [0.15, 0.2) is 0 Å². The van der Waals surface area contributed by atoms with Crippen LogP contribution in [0.15, 0.2) is 48.5 Å². The van der Waals surface area contributed by atoms with Crippen LogP contribution < -0.4 is 5.32 Å². The first kappa shape index (κ1) is 23.4. The van der Waals surface area contributed by atoms with Gasteiger partial charge in [-0.3, -0.25) is 0 Å². The normalized spacial score (nSPS) is 11.0. The Kier molecular flexibility index (Phi) is 7.45. The van der Waals surface area contributed by atoms with Crippen LogP contribution in [0.2, 0.25) is 10.0 Å². The molecule has 2 aromatic heterocycles. The van der Waals surface area contributed by atoms with Crippen LogP contribution in [0.5, 0.6) is 0 Å². The van der Waals surface area contributed by atoms with Crippen LogP contribution in [0.25, 0.3) is 20.2 Å². The fraction of sp³-hybridized carbons (Fsp3) is 0.217. The highest BCUT2D eigenvalue weighted by atomic mass is 35.5. The topological polar surface area (TPSA) is 62.1 Å². The Balaban J connectivity index is 0.000000194. The molecule has 2 aromatic carbocycles. The molecule has 160 valence electrons. The first-order chi connectivity index (χ1) is 14.6. The Morgan fingerprint density at radius 3 is 2.16 bits per heavy atom. The first-order valence-corrected chi connectivity index (χ1v) is 11.8. The van der Waals surface area contributed by atoms with Gasteiger partial charge in [0, 0.05) is 24.3 Å². The lowest BCUT2D eigenvalue weighted by molar-refractivity contribution is 0.0524. The van der Waals surface area contributed by atoms with Gasteiger partial charge in [0.1, 0.15) is 16.5 Å². The molecule has 0 aliphatic carbocycles. The second-order valence-corrected chi connectivity index (χ2v) is 10.8. The van der Waals surface area contributed by atoms with E-state index in [0.717, 1.165) is 34.9 Å². The van der Waals surface area contributed by atoms with E-state index in [1.54, 1.807) is 11.3 Å². The minimum atomic E-state index is -0.474. The summed E-state index contributed by atoms with van der Waals surface area (Å²) in [6, 6.07) is 17.4. The van der Waals surface area contributed by atoms with Gasteiger partial charge in [-0.1, -0.05) is 23.2 Å². The molecule has 2 heterocycles. The van der Waals surface area contributed by atoms with Gasteiger partial charge in [0.25, 0.3) is 0 Å². The number of nitrogens with one attached hydrogen (secondary N) is 1. The van der Waals surface area contributed by atoms with Gasteiger partial charge >= 0.3 is 6.09 Å². The summed E-state index contributed by atoms with van der Waals surface area (Å²) in [7, 11) is 0. The third kappa shape index (κ3) is 6.84. The van der Waals surface area contributed by atoms with Crippen molar-refractivity contribution in [3.63, 3.8) is 0 Å². The van der Waals surface area contributed by atoms with Crippen molar-refractivity contribution in [1.82, 2.24) is 5.32 Å². The second kappa shape index (κ2) is 9.88. The number of rotatable bonds is 2. The lowest BCUT2D eigenvalue weighted by atomic mass is 10.2. The molecule has 0 radical (unpaired) electrons. The predicted molar refractivity (Wildman–Crippen MR) is 131 cm³/mol. The van der Waals surface area contributed by atoms with Crippen molar-refractivity contribution in [2.24, 2.45) is 0 Å². The minimum absolute atomic E-state index is 0.400. The molecule has 0 atom stereocenters. The molecule has 8 heteroatoms. The van der Waals surface area contributed by atoms with Gasteiger partial charge in [0.2, 0.25) is 0 Å².